The summed E-state index contributed by atoms with van der Waals surface area (Å²) < 4.78 is 76.8. The highest BCUT2D eigenvalue weighted by molar-refractivity contribution is 5.99. The molecule has 0 amide bonds. The van der Waals surface area contributed by atoms with E-state index in [0.29, 0.717) is 6.42 Å². The van der Waals surface area contributed by atoms with Crippen molar-refractivity contribution in [3.05, 3.63) is 29.1 Å². The first-order valence-electron chi connectivity index (χ1n) is 14.0. The number of halogens is 5. The van der Waals surface area contributed by atoms with Crippen molar-refractivity contribution in [2.45, 2.75) is 124 Å². The highest BCUT2D eigenvalue weighted by Gasteiger charge is 2.41. The zero-order valence-corrected chi connectivity index (χ0v) is 23.0. The predicted octanol–water partition coefficient (Wildman–Crippen LogP) is 9.12. The van der Waals surface area contributed by atoms with Crippen LogP contribution in [0.15, 0.2) is 0 Å². The molecule has 0 aromatic heterocycles. The number of carbonyl (C=O) groups is 2. The van der Waals surface area contributed by atoms with Crippen LogP contribution in [-0.2, 0) is 14.3 Å². The lowest BCUT2D eigenvalue weighted by atomic mass is 9.94. The molecule has 0 radical (unpaired) electrons. The topological polar surface area (TPSA) is 52.6 Å². The van der Waals surface area contributed by atoms with Crippen LogP contribution in [0.1, 0.15) is 124 Å². The van der Waals surface area contributed by atoms with Gasteiger partial charge in [0.2, 0.25) is 34.8 Å². The van der Waals surface area contributed by atoms with E-state index in [-0.39, 0.29) is 6.61 Å². The van der Waals surface area contributed by atoms with Gasteiger partial charge < -0.3 is 9.47 Å². The number of carbonyl (C=O) groups excluding carboxylic acids is 2. The van der Waals surface area contributed by atoms with Gasteiger partial charge in [-0.3, -0.25) is 9.59 Å². The lowest BCUT2D eigenvalue weighted by Gasteiger charge is -2.21. The fraction of sp³-hybridized carbons (Fsp3) is 0.724. The second kappa shape index (κ2) is 18.2. The standard InChI is InChI=1S/C29H43F5O4/c1-4-5-6-7-8-9-10-11-12-13-14-15-16-17-18-19-20-37-27(35)29(2,3)28(36)38-26-24(33)22(31)21(30)23(32)25(26)34/h4-20H2,1-3H3. The van der Waals surface area contributed by atoms with Crippen molar-refractivity contribution >= 4 is 11.9 Å². The number of rotatable bonds is 20. The van der Waals surface area contributed by atoms with Crippen LogP contribution in [0.3, 0.4) is 0 Å². The van der Waals surface area contributed by atoms with E-state index in [1.807, 2.05) is 0 Å². The number of hydrogen-bond donors (Lipinski definition) is 0. The third kappa shape index (κ3) is 11.3. The molecule has 1 aromatic carbocycles. The quantitative estimate of drug-likeness (QED) is 0.0309. The number of hydrogen-bond acceptors (Lipinski definition) is 4. The van der Waals surface area contributed by atoms with Crippen LogP contribution in [0.4, 0.5) is 22.0 Å². The normalized spacial score (nSPS) is 11.6. The summed E-state index contributed by atoms with van der Waals surface area (Å²) in [6.07, 6.45) is 19.1. The SMILES string of the molecule is CCCCCCCCCCCCCCCCCCOC(=O)C(C)(C)C(=O)Oc1c(F)c(F)c(F)c(F)c1F. The molecule has 0 bridgehead atoms. The summed E-state index contributed by atoms with van der Waals surface area (Å²) in [5, 5.41) is 0. The van der Waals surface area contributed by atoms with Crippen LogP contribution < -0.4 is 4.74 Å². The Labute approximate surface area is 223 Å². The van der Waals surface area contributed by atoms with Crippen LogP contribution in [0, 0.1) is 34.5 Å². The van der Waals surface area contributed by atoms with Crippen LogP contribution in [0.25, 0.3) is 0 Å². The van der Waals surface area contributed by atoms with Gasteiger partial charge >= 0.3 is 11.9 Å². The molecule has 218 valence electrons. The van der Waals surface area contributed by atoms with E-state index in [4.69, 9.17) is 4.74 Å². The third-order valence-corrected chi connectivity index (χ3v) is 6.62. The van der Waals surface area contributed by atoms with E-state index in [1.54, 1.807) is 0 Å². The molecule has 0 atom stereocenters. The van der Waals surface area contributed by atoms with Crippen molar-refractivity contribution in [3.63, 3.8) is 0 Å². The summed E-state index contributed by atoms with van der Waals surface area (Å²) in [5.41, 5.74) is -2.02. The molecule has 0 aliphatic heterocycles. The van der Waals surface area contributed by atoms with E-state index in [2.05, 4.69) is 11.7 Å². The van der Waals surface area contributed by atoms with Crippen molar-refractivity contribution in [1.82, 2.24) is 0 Å². The highest BCUT2D eigenvalue weighted by Crippen LogP contribution is 2.31. The Kier molecular flexibility index (Phi) is 16.2. The first-order chi connectivity index (χ1) is 18.1. The number of ether oxygens (including phenoxy) is 2. The second-order valence-corrected chi connectivity index (χ2v) is 10.4. The largest absolute Gasteiger partial charge is 0.465 e. The van der Waals surface area contributed by atoms with Crippen LogP contribution in [0.2, 0.25) is 0 Å². The van der Waals surface area contributed by atoms with Gasteiger partial charge in [-0.05, 0) is 20.3 Å². The minimum Gasteiger partial charge on any atom is -0.465 e. The van der Waals surface area contributed by atoms with E-state index in [1.165, 1.54) is 70.6 Å². The Morgan fingerprint density at radius 1 is 0.553 bits per heavy atom. The summed E-state index contributed by atoms with van der Waals surface area (Å²) in [7, 11) is 0. The molecule has 38 heavy (non-hydrogen) atoms. The first-order valence-corrected chi connectivity index (χ1v) is 14.0. The molecule has 0 aliphatic rings. The van der Waals surface area contributed by atoms with Gasteiger partial charge in [0.05, 0.1) is 6.61 Å². The molecule has 0 spiro atoms. The van der Waals surface area contributed by atoms with E-state index in [0.717, 1.165) is 39.5 Å². The Morgan fingerprint density at radius 2 is 0.895 bits per heavy atom. The third-order valence-electron chi connectivity index (χ3n) is 6.62. The molecule has 0 fully saturated rings. The van der Waals surface area contributed by atoms with Gasteiger partial charge in [-0.15, -0.1) is 0 Å². The monoisotopic (exact) mass is 550 g/mol. The molecule has 1 aromatic rings. The molecule has 9 heteroatoms. The van der Waals surface area contributed by atoms with E-state index in [9.17, 15) is 31.5 Å². The van der Waals surface area contributed by atoms with Crippen molar-refractivity contribution in [2.24, 2.45) is 5.41 Å². The smallest absolute Gasteiger partial charge is 0.328 e. The average Bonchev–Trinajstić information content (AvgIpc) is 2.90. The average molecular weight is 551 g/mol. The summed E-state index contributed by atoms with van der Waals surface area (Å²) in [6, 6.07) is 0. The summed E-state index contributed by atoms with van der Waals surface area (Å²) >= 11 is 0. The number of esters is 2. The van der Waals surface area contributed by atoms with Gasteiger partial charge in [0.25, 0.3) is 0 Å². The van der Waals surface area contributed by atoms with E-state index < -0.39 is 52.2 Å². The number of unbranched alkanes of at least 4 members (excludes halogenated alkanes) is 15. The van der Waals surface area contributed by atoms with Crippen molar-refractivity contribution in [3.8, 4) is 5.75 Å². The molecule has 0 N–H and O–H groups in total. The molecular formula is C29H43F5O4. The second-order valence-electron chi connectivity index (χ2n) is 10.4. The first kappa shape index (κ1) is 33.8. The van der Waals surface area contributed by atoms with Crippen molar-refractivity contribution in [2.75, 3.05) is 6.61 Å². The minimum absolute atomic E-state index is 0.0382. The minimum atomic E-state index is -2.38. The zero-order valence-electron chi connectivity index (χ0n) is 23.0. The molecule has 0 aliphatic carbocycles. The molecular weight excluding hydrogens is 507 g/mol. The lowest BCUT2D eigenvalue weighted by molar-refractivity contribution is -0.165. The summed E-state index contributed by atoms with van der Waals surface area (Å²) in [4.78, 5) is 24.6. The maximum absolute atomic E-state index is 13.8. The predicted molar refractivity (Wildman–Crippen MR) is 136 cm³/mol. The summed E-state index contributed by atoms with van der Waals surface area (Å²) in [6.45, 7) is 4.43. The maximum Gasteiger partial charge on any atom is 0.328 e. The van der Waals surface area contributed by atoms with Crippen LogP contribution in [-0.4, -0.2) is 18.5 Å². The Morgan fingerprint density at radius 3 is 1.29 bits per heavy atom. The Balaban J connectivity index is 2.18. The molecule has 0 unspecified atom stereocenters. The van der Waals surface area contributed by atoms with E-state index >= 15 is 0 Å². The van der Waals surface area contributed by atoms with Gasteiger partial charge in [-0.25, -0.2) is 13.2 Å². The molecule has 1 rings (SSSR count). The van der Waals surface area contributed by atoms with Gasteiger partial charge in [-0.1, -0.05) is 103 Å². The van der Waals surface area contributed by atoms with Crippen LogP contribution >= 0.6 is 0 Å². The van der Waals surface area contributed by atoms with Gasteiger partial charge in [0, 0.05) is 0 Å². The lowest BCUT2D eigenvalue weighted by Crippen LogP contribution is -2.38. The van der Waals surface area contributed by atoms with Gasteiger partial charge in [-0.2, -0.15) is 8.78 Å². The molecule has 0 saturated heterocycles. The highest BCUT2D eigenvalue weighted by atomic mass is 19.2. The number of benzene rings is 1. The fourth-order valence-electron chi connectivity index (χ4n) is 3.97. The van der Waals surface area contributed by atoms with Crippen molar-refractivity contribution in [1.29, 1.82) is 0 Å². The van der Waals surface area contributed by atoms with Crippen LogP contribution in [0.5, 0.6) is 5.75 Å². The summed E-state index contributed by atoms with van der Waals surface area (Å²) in [5.74, 6) is -15.8. The molecule has 4 nitrogen and oxygen atoms in total. The maximum atomic E-state index is 13.8. The van der Waals surface area contributed by atoms with Gasteiger partial charge in [0.15, 0.2) is 5.41 Å². The van der Waals surface area contributed by atoms with Gasteiger partial charge in [0.1, 0.15) is 0 Å². The fourth-order valence-corrected chi connectivity index (χ4v) is 3.97. The zero-order chi connectivity index (χ0) is 28.6. The molecule has 0 saturated carbocycles. The van der Waals surface area contributed by atoms with Crippen molar-refractivity contribution < 1.29 is 41.0 Å². The Hall–Kier alpha value is -2.19. The molecule has 0 heterocycles. The Bertz CT molecular complexity index is 844.